The van der Waals surface area contributed by atoms with E-state index in [1.165, 1.54) is 24.3 Å². The van der Waals surface area contributed by atoms with E-state index in [4.69, 9.17) is 4.74 Å². The van der Waals surface area contributed by atoms with Crippen LogP contribution in [0.5, 0.6) is 0 Å². The van der Waals surface area contributed by atoms with Crippen molar-refractivity contribution in [3.05, 3.63) is 22.4 Å². The number of hydrogen-bond donors (Lipinski definition) is 1. The lowest BCUT2D eigenvalue weighted by Gasteiger charge is -2.27. The Morgan fingerprint density at radius 3 is 3.00 bits per heavy atom. The first kappa shape index (κ1) is 12.6. The van der Waals surface area contributed by atoms with Gasteiger partial charge < -0.3 is 10.1 Å². The van der Waals surface area contributed by atoms with E-state index in [9.17, 15) is 0 Å². The van der Waals surface area contributed by atoms with Crippen LogP contribution in [0.4, 0.5) is 0 Å². The van der Waals surface area contributed by atoms with Gasteiger partial charge in [-0.3, -0.25) is 4.90 Å². The zero-order chi connectivity index (χ0) is 12.4. The van der Waals surface area contributed by atoms with E-state index >= 15 is 0 Å². The number of likely N-dealkylation sites (N-methyl/N-ethyl adjacent to an activating group) is 1. The molecule has 2 unspecified atom stereocenters. The molecule has 18 heavy (non-hydrogen) atoms. The van der Waals surface area contributed by atoms with Crippen LogP contribution in [-0.2, 0) is 11.3 Å². The molecule has 2 fully saturated rings. The smallest absolute Gasteiger partial charge is 0.0623 e. The zero-order valence-corrected chi connectivity index (χ0v) is 11.8. The molecule has 3 nitrogen and oxygen atoms in total. The lowest BCUT2D eigenvalue weighted by atomic mass is 10.0. The third-order valence-electron chi connectivity index (χ3n) is 4.04. The molecule has 0 radical (unpaired) electrons. The molecule has 1 N–H and O–H groups in total. The van der Waals surface area contributed by atoms with Crippen molar-refractivity contribution < 1.29 is 4.74 Å². The SMILES string of the molecule is CNC1COCC1CN(Cc1cccs1)C1CC1. The van der Waals surface area contributed by atoms with E-state index in [-0.39, 0.29) is 0 Å². The van der Waals surface area contributed by atoms with E-state index in [1.807, 2.05) is 18.4 Å². The van der Waals surface area contributed by atoms with Gasteiger partial charge in [0, 0.05) is 36.0 Å². The van der Waals surface area contributed by atoms with Gasteiger partial charge in [0.15, 0.2) is 0 Å². The number of thiophene rings is 1. The van der Waals surface area contributed by atoms with Gasteiger partial charge in [-0.2, -0.15) is 0 Å². The number of nitrogens with one attached hydrogen (secondary N) is 1. The molecule has 1 aromatic heterocycles. The van der Waals surface area contributed by atoms with Crippen molar-refractivity contribution in [2.45, 2.75) is 31.5 Å². The Morgan fingerprint density at radius 2 is 2.33 bits per heavy atom. The predicted molar refractivity (Wildman–Crippen MR) is 74.9 cm³/mol. The predicted octanol–water partition coefficient (Wildman–Crippen LogP) is 1.95. The van der Waals surface area contributed by atoms with Gasteiger partial charge in [-0.25, -0.2) is 0 Å². The molecule has 2 atom stereocenters. The summed E-state index contributed by atoms with van der Waals surface area (Å²) in [6.45, 7) is 4.08. The fraction of sp³-hybridized carbons (Fsp3) is 0.714. The quantitative estimate of drug-likeness (QED) is 0.852. The molecule has 1 aliphatic heterocycles. The van der Waals surface area contributed by atoms with Crippen molar-refractivity contribution in [3.63, 3.8) is 0 Å². The van der Waals surface area contributed by atoms with Gasteiger partial charge in [0.2, 0.25) is 0 Å². The number of rotatable bonds is 6. The van der Waals surface area contributed by atoms with Crippen LogP contribution in [0.15, 0.2) is 17.5 Å². The molecule has 3 rings (SSSR count). The van der Waals surface area contributed by atoms with E-state index in [0.29, 0.717) is 12.0 Å². The number of ether oxygens (including phenoxy) is 1. The molecule has 1 aromatic rings. The minimum atomic E-state index is 0.537. The van der Waals surface area contributed by atoms with Gasteiger partial charge in [-0.15, -0.1) is 11.3 Å². The molecular weight excluding hydrogens is 244 g/mol. The summed E-state index contributed by atoms with van der Waals surface area (Å²) in [7, 11) is 2.05. The topological polar surface area (TPSA) is 24.5 Å². The highest BCUT2D eigenvalue weighted by Gasteiger charge is 2.34. The van der Waals surface area contributed by atoms with E-state index in [2.05, 4.69) is 27.7 Å². The maximum atomic E-state index is 5.61. The van der Waals surface area contributed by atoms with Gasteiger partial charge in [0.25, 0.3) is 0 Å². The molecule has 1 aliphatic carbocycles. The minimum absolute atomic E-state index is 0.537. The summed E-state index contributed by atoms with van der Waals surface area (Å²) < 4.78 is 5.61. The molecule has 0 amide bonds. The molecule has 1 saturated heterocycles. The van der Waals surface area contributed by atoms with Crippen molar-refractivity contribution in [2.75, 3.05) is 26.8 Å². The average Bonchev–Trinajstić information content (AvgIpc) is 2.92. The first-order valence-electron chi connectivity index (χ1n) is 6.88. The van der Waals surface area contributed by atoms with Gasteiger partial charge in [-0.1, -0.05) is 6.07 Å². The molecule has 2 aliphatic rings. The normalized spacial score (nSPS) is 28.1. The third-order valence-corrected chi connectivity index (χ3v) is 4.90. The van der Waals surface area contributed by atoms with Crippen LogP contribution in [0.3, 0.4) is 0 Å². The maximum absolute atomic E-state index is 5.61. The fourth-order valence-electron chi connectivity index (χ4n) is 2.78. The Kier molecular flexibility index (Phi) is 3.99. The Bertz CT molecular complexity index is 364. The zero-order valence-electron chi connectivity index (χ0n) is 11.0. The van der Waals surface area contributed by atoms with Crippen LogP contribution in [0.25, 0.3) is 0 Å². The summed E-state index contributed by atoms with van der Waals surface area (Å²) in [6, 6.07) is 5.76. The lowest BCUT2D eigenvalue weighted by Crippen LogP contribution is -2.40. The highest BCUT2D eigenvalue weighted by atomic mass is 32.1. The minimum Gasteiger partial charge on any atom is -0.379 e. The molecular formula is C14H22N2OS. The maximum Gasteiger partial charge on any atom is 0.0623 e. The van der Waals surface area contributed by atoms with Crippen molar-refractivity contribution in [1.82, 2.24) is 10.2 Å². The van der Waals surface area contributed by atoms with E-state index in [0.717, 1.165) is 25.8 Å². The van der Waals surface area contributed by atoms with Crippen LogP contribution < -0.4 is 5.32 Å². The van der Waals surface area contributed by atoms with Gasteiger partial charge >= 0.3 is 0 Å². The van der Waals surface area contributed by atoms with Crippen LogP contribution in [-0.4, -0.2) is 43.8 Å². The summed E-state index contributed by atoms with van der Waals surface area (Å²) in [5, 5.41) is 5.56. The van der Waals surface area contributed by atoms with Crippen LogP contribution in [0.1, 0.15) is 17.7 Å². The Balaban J connectivity index is 1.60. The monoisotopic (exact) mass is 266 g/mol. The summed E-state index contributed by atoms with van der Waals surface area (Å²) in [6.07, 6.45) is 2.76. The van der Waals surface area contributed by atoms with Crippen molar-refractivity contribution in [2.24, 2.45) is 5.92 Å². The highest BCUT2D eigenvalue weighted by Crippen LogP contribution is 2.31. The Morgan fingerprint density at radius 1 is 1.44 bits per heavy atom. The van der Waals surface area contributed by atoms with Crippen LogP contribution >= 0.6 is 11.3 Å². The Hall–Kier alpha value is -0.420. The third kappa shape index (κ3) is 2.94. The molecule has 100 valence electrons. The summed E-state index contributed by atoms with van der Waals surface area (Å²) in [5.41, 5.74) is 0. The second kappa shape index (κ2) is 5.70. The van der Waals surface area contributed by atoms with Gasteiger partial charge in [-0.05, 0) is 31.3 Å². The van der Waals surface area contributed by atoms with Gasteiger partial charge in [0.1, 0.15) is 0 Å². The first-order valence-corrected chi connectivity index (χ1v) is 7.76. The molecule has 0 aromatic carbocycles. The summed E-state index contributed by atoms with van der Waals surface area (Å²) >= 11 is 1.87. The lowest BCUT2D eigenvalue weighted by molar-refractivity contribution is 0.162. The van der Waals surface area contributed by atoms with Crippen molar-refractivity contribution in [3.8, 4) is 0 Å². The van der Waals surface area contributed by atoms with Crippen LogP contribution in [0.2, 0.25) is 0 Å². The standard InChI is InChI=1S/C14H22N2OS/c1-15-14-10-17-9-11(14)7-16(12-4-5-12)8-13-3-2-6-18-13/h2-3,6,11-12,14-15H,4-5,7-10H2,1H3. The highest BCUT2D eigenvalue weighted by molar-refractivity contribution is 7.09. The molecule has 1 saturated carbocycles. The second-order valence-corrected chi connectivity index (χ2v) is 6.46. The molecule has 0 bridgehead atoms. The largest absolute Gasteiger partial charge is 0.379 e. The summed E-state index contributed by atoms with van der Waals surface area (Å²) in [4.78, 5) is 4.15. The van der Waals surface area contributed by atoms with Crippen molar-refractivity contribution in [1.29, 1.82) is 0 Å². The summed E-state index contributed by atoms with van der Waals surface area (Å²) in [5.74, 6) is 0.649. The Labute approximate surface area is 113 Å². The first-order chi connectivity index (χ1) is 8.86. The van der Waals surface area contributed by atoms with E-state index in [1.54, 1.807) is 0 Å². The van der Waals surface area contributed by atoms with Gasteiger partial charge in [0.05, 0.1) is 13.2 Å². The number of nitrogens with zero attached hydrogens (tertiary/aromatic N) is 1. The molecule has 4 heteroatoms. The van der Waals surface area contributed by atoms with E-state index < -0.39 is 0 Å². The average molecular weight is 266 g/mol. The molecule has 0 spiro atoms. The fourth-order valence-corrected chi connectivity index (χ4v) is 3.51. The second-order valence-electron chi connectivity index (χ2n) is 5.43. The van der Waals surface area contributed by atoms with Crippen LogP contribution in [0, 0.1) is 5.92 Å². The molecule has 2 heterocycles. The number of hydrogen-bond acceptors (Lipinski definition) is 4. The van der Waals surface area contributed by atoms with Crippen molar-refractivity contribution >= 4 is 11.3 Å².